The van der Waals surface area contributed by atoms with Gasteiger partial charge in [-0.25, -0.2) is 0 Å². The van der Waals surface area contributed by atoms with Crippen LogP contribution in [0, 0.1) is 0 Å². The largest absolute Gasteiger partial charge is 0.489 e. The van der Waals surface area contributed by atoms with Gasteiger partial charge in [0.15, 0.2) is 0 Å². The number of methoxy groups -OCH3 is 1. The van der Waals surface area contributed by atoms with Crippen molar-refractivity contribution in [1.82, 2.24) is 0 Å². The maximum Gasteiger partial charge on any atom is 0.142 e. The van der Waals surface area contributed by atoms with E-state index in [-0.39, 0.29) is 0 Å². The molecule has 0 N–H and O–H groups in total. The Balaban J connectivity index is 2.41. The first-order valence-corrected chi connectivity index (χ1v) is 8.95. The smallest absolute Gasteiger partial charge is 0.142 e. The molecule has 0 spiro atoms. The number of rotatable bonds is 7. The molecule has 0 bridgehead atoms. The second-order valence-corrected chi connectivity index (χ2v) is 6.51. The van der Waals surface area contributed by atoms with Gasteiger partial charge in [0, 0.05) is 24.9 Å². The third-order valence-corrected chi connectivity index (χ3v) is 4.87. The van der Waals surface area contributed by atoms with E-state index in [1.165, 1.54) is 24.0 Å². The van der Waals surface area contributed by atoms with Crippen molar-refractivity contribution in [3.8, 4) is 5.75 Å². The summed E-state index contributed by atoms with van der Waals surface area (Å²) in [6, 6.07) is 2.29. The maximum absolute atomic E-state index is 6.02. The summed E-state index contributed by atoms with van der Waals surface area (Å²) in [4.78, 5) is 4.68. The van der Waals surface area contributed by atoms with Crippen molar-refractivity contribution in [3.05, 3.63) is 27.2 Å². The fourth-order valence-corrected chi connectivity index (χ4v) is 3.62. The van der Waals surface area contributed by atoms with Gasteiger partial charge in [0.2, 0.25) is 0 Å². The molecular weight excluding hydrogens is 342 g/mol. The first-order chi connectivity index (χ1) is 10.7. The van der Waals surface area contributed by atoms with Crippen molar-refractivity contribution >= 4 is 21.6 Å². The number of nitrogens with zero attached hydrogens (tertiary/aromatic N) is 1. The molecule has 0 heterocycles. The van der Waals surface area contributed by atoms with Crippen LogP contribution in [0.1, 0.15) is 49.8 Å². The van der Waals surface area contributed by atoms with E-state index in [0.29, 0.717) is 13.2 Å². The molecule has 1 aromatic rings. The van der Waals surface area contributed by atoms with Gasteiger partial charge in [0.1, 0.15) is 12.4 Å². The fraction of sp³-hybridized carbons (Fsp3) is 0.611. The van der Waals surface area contributed by atoms with E-state index in [4.69, 9.17) is 9.47 Å². The van der Waals surface area contributed by atoms with Crippen LogP contribution >= 0.6 is 15.9 Å². The molecule has 122 valence electrons. The van der Waals surface area contributed by atoms with Crippen LogP contribution in [0.25, 0.3) is 0 Å². The first-order valence-electron chi connectivity index (χ1n) is 8.16. The van der Waals surface area contributed by atoms with Crippen molar-refractivity contribution < 1.29 is 9.47 Å². The Kier molecular flexibility index (Phi) is 6.90. The number of hydrogen-bond donors (Lipinski definition) is 0. The normalized spacial score (nSPS) is 14.8. The van der Waals surface area contributed by atoms with Gasteiger partial charge in [-0.3, -0.25) is 4.99 Å². The second-order valence-electron chi connectivity index (χ2n) is 5.72. The van der Waals surface area contributed by atoms with Gasteiger partial charge in [0.05, 0.1) is 11.1 Å². The van der Waals surface area contributed by atoms with Crippen LogP contribution in [-0.4, -0.2) is 32.6 Å². The number of aliphatic imine (C=N–C) groups is 1. The number of hydrogen-bond acceptors (Lipinski definition) is 3. The number of ether oxygens (including phenoxy) is 2. The molecule has 1 aliphatic carbocycles. The summed E-state index contributed by atoms with van der Waals surface area (Å²) in [5.41, 5.74) is 5.03. The van der Waals surface area contributed by atoms with E-state index in [0.717, 1.165) is 47.3 Å². The SMILES string of the molecule is CCCN=C(C)c1cc2c(c(Br)c1OCCOC)CCCC2. The summed E-state index contributed by atoms with van der Waals surface area (Å²) in [5, 5.41) is 0. The van der Waals surface area contributed by atoms with Crippen molar-refractivity contribution in [2.45, 2.75) is 46.0 Å². The average molecular weight is 368 g/mol. The van der Waals surface area contributed by atoms with E-state index >= 15 is 0 Å². The fourth-order valence-electron chi connectivity index (χ4n) is 2.84. The quantitative estimate of drug-likeness (QED) is 0.521. The molecule has 0 radical (unpaired) electrons. The summed E-state index contributed by atoms with van der Waals surface area (Å²) in [6.45, 7) is 6.24. The highest BCUT2D eigenvalue weighted by Crippen LogP contribution is 2.39. The minimum atomic E-state index is 0.557. The molecule has 0 aliphatic heterocycles. The van der Waals surface area contributed by atoms with Crippen LogP contribution in [0.2, 0.25) is 0 Å². The third-order valence-electron chi connectivity index (χ3n) is 4.03. The lowest BCUT2D eigenvalue weighted by molar-refractivity contribution is 0.145. The topological polar surface area (TPSA) is 30.8 Å². The van der Waals surface area contributed by atoms with E-state index in [2.05, 4.69) is 40.8 Å². The molecule has 0 unspecified atom stereocenters. The van der Waals surface area contributed by atoms with Crippen LogP contribution in [-0.2, 0) is 17.6 Å². The number of aryl methyl sites for hydroxylation is 1. The Morgan fingerprint density at radius 2 is 2.05 bits per heavy atom. The van der Waals surface area contributed by atoms with Gasteiger partial charge < -0.3 is 9.47 Å². The molecule has 1 aliphatic rings. The number of halogens is 1. The highest BCUT2D eigenvalue weighted by atomic mass is 79.9. The zero-order valence-electron chi connectivity index (χ0n) is 13.9. The van der Waals surface area contributed by atoms with Crippen molar-refractivity contribution in [2.24, 2.45) is 4.99 Å². The van der Waals surface area contributed by atoms with E-state index in [1.54, 1.807) is 7.11 Å². The Labute approximate surface area is 142 Å². The molecule has 0 saturated heterocycles. The molecule has 0 aromatic heterocycles. The van der Waals surface area contributed by atoms with Crippen molar-refractivity contribution in [3.63, 3.8) is 0 Å². The maximum atomic E-state index is 6.02. The Hall–Kier alpha value is -0.870. The van der Waals surface area contributed by atoms with E-state index in [1.807, 2.05) is 0 Å². The lowest BCUT2D eigenvalue weighted by atomic mass is 9.89. The molecule has 0 atom stereocenters. The van der Waals surface area contributed by atoms with Crippen LogP contribution in [0.4, 0.5) is 0 Å². The van der Waals surface area contributed by atoms with E-state index < -0.39 is 0 Å². The molecule has 1 aromatic carbocycles. The lowest BCUT2D eigenvalue weighted by Crippen LogP contribution is -2.13. The number of fused-ring (bicyclic) bond motifs is 1. The summed E-state index contributed by atoms with van der Waals surface area (Å²) in [7, 11) is 1.69. The van der Waals surface area contributed by atoms with Gasteiger partial charge in [0.25, 0.3) is 0 Å². The van der Waals surface area contributed by atoms with E-state index in [9.17, 15) is 0 Å². The zero-order chi connectivity index (χ0) is 15.9. The highest BCUT2D eigenvalue weighted by molar-refractivity contribution is 9.10. The molecule has 4 heteroatoms. The zero-order valence-corrected chi connectivity index (χ0v) is 15.5. The molecule has 0 fully saturated rings. The monoisotopic (exact) mass is 367 g/mol. The van der Waals surface area contributed by atoms with Crippen molar-refractivity contribution in [2.75, 3.05) is 26.9 Å². The molecule has 0 amide bonds. The van der Waals surface area contributed by atoms with Crippen LogP contribution in [0.3, 0.4) is 0 Å². The summed E-state index contributed by atoms with van der Waals surface area (Å²) in [6.07, 6.45) is 5.87. The van der Waals surface area contributed by atoms with Gasteiger partial charge >= 0.3 is 0 Å². The predicted molar refractivity (Wildman–Crippen MR) is 95.5 cm³/mol. The lowest BCUT2D eigenvalue weighted by Gasteiger charge is -2.22. The minimum absolute atomic E-state index is 0.557. The molecular formula is C18H26BrNO2. The summed E-state index contributed by atoms with van der Waals surface area (Å²) < 4.78 is 12.2. The Bertz CT molecular complexity index is 540. The second kappa shape index (κ2) is 8.68. The first kappa shape index (κ1) is 17.5. The summed E-state index contributed by atoms with van der Waals surface area (Å²) in [5.74, 6) is 0.926. The summed E-state index contributed by atoms with van der Waals surface area (Å²) >= 11 is 3.79. The van der Waals surface area contributed by atoms with Crippen molar-refractivity contribution in [1.29, 1.82) is 0 Å². The standard InChI is InChI=1S/C18H26BrNO2/c1-4-9-20-13(2)16-12-14-7-5-6-8-15(14)17(19)18(16)22-11-10-21-3/h12H,4-11H2,1-3H3. The molecule has 22 heavy (non-hydrogen) atoms. The third kappa shape index (κ3) is 4.11. The van der Waals surface area contributed by atoms with Gasteiger partial charge in [-0.05, 0) is 72.2 Å². The van der Waals surface area contributed by atoms with Crippen LogP contribution in [0.5, 0.6) is 5.75 Å². The predicted octanol–water partition coefficient (Wildman–Crippen LogP) is 4.57. The van der Waals surface area contributed by atoms with Crippen LogP contribution in [0.15, 0.2) is 15.5 Å². The average Bonchev–Trinajstić information content (AvgIpc) is 2.54. The Morgan fingerprint density at radius 1 is 1.27 bits per heavy atom. The minimum Gasteiger partial charge on any atom is -0.489 e. The van der Waals surface area contributed by atoms with Gasteiger partial charge in [-0.2, -0.15) is 0 Å². The Morgan fingerprint density at radius 3 is 2.77 bits per heavy atom. The number of benzene rings is 1. The molecule has 3 nitrogen and oxygen atoms in total. The molecule has 2 rings (SSSR count). The van der Waals surface area contributed by atoms with Crippen LogP contribution < -0.4 is 4.74 Å². The molecule has 0 saturated carbocycles. The van der Waals surface area contributed by atoms with Gasteiger partial charge in [-0.1, -0.05) is 6.92 Å². The van der Waals surface area contributed by atoms with Gasteiger partial charge in [-0.15, -0.1) is 0 Å². The highest BCUT2D eigenvalue weighted by Gasteiger charge is 2.21.